The summed E-state index contributed by atoms with van der Waals surface area (Å²) in [4.78, 5) is 12.4. The van der Waals surface area contributed by atoms with Gasteiger partial charge in [0.15, 0.2) is 11.5 Å². The number of carbonyl (C=O) groups is 1. The van der Waals surface area contributed by atoms with Gasteiger partial charge in [0.2, 0.25) is 0 Å². The highest BCUT2D eigenvalue weighted by Crippen LogP contribution is 2.35. The summed E-state index contributed by atoms with van der Waals surface area (Å²) in [5.74, 6) is -0.0124. The van der Waals surface area contributed by atoms with Crippen molar-refractivity contribution in [2.75, 3.05) is 19.0 Å². The van der Waals surface area contributed by atoms with Crippen molar-refractivity contribution in [3.05, 3.63) is 59.2 Å². The molecule has 5 nitrogen and oxygen atoms in total. The lowest BCUT2D eigenvalue weighted by molar-refractivity contribution is -0.137. The van der Waals surface area contributed by atoms with Gasteiger partial charge >= 0.3 is 6.18 Å². The second-order valence-corrected chi connectivity index (χ2v) is 6.28. The maximum Gasteiger partial charge on any atom is 0.418 e. The number of hydrogen-bond acceptors (Lipinski definition) is 4. The fourth-order valence-corrected chi connectivity index (χ4v) is 2.56. The van der Waals surface area contributed by atoms with Crippen molar-refractivity contribution in [1.29, 1.82) is 5.26 Å². The Morgan fingerprint density at radius 1 is 1.20 bits per heavy atom. The summed E-state index contributed by atoms with van der Waals surface area (Å²) in [6, 6.07) is 11.1. The van der Waals surface area contributed by atoms with Crippen LogP contribution in [0.1, 0.15) is 30.9 Å². The first-order valence-electron chi connectivity index (χ1n) is 9.20. The number of benzene rings is 2. The molecule has 0 heterocycles. The summed E-state index contributed by atoms with van der Waals surface area (Å²) in [7, 11) is 1.46. The number of amides is 1. The van der Waals surface area contributed by atoms with E-state index in [9.17, 15) is 23.2 Å². The predicted octanol–water partition coefficient (Wildman–Crippen LogP) is 5.44. The number of nitrogens with zero attached hydrogens (tertiary/aromatic N) is 1. The second-order valence-electron chi connectivity index (χ2n) is 6.28. The van der Waals surface area contributed by atoms with Gasteiger partial charge in [-0.05, 0) is 42.3 Å². The quantitative estimate of drug-likeness (QED) is 0.352. The average molecular weight is 418 g/mol. The molecule has 0 atom stereocenters. The summed E-state index contributed by atoms with van der Waals surface area (Å²) in [6.07, 6.45) is -1.52. The minimum Gasteiger partial charge on any atom is -0.493 e. The molecule has 30 heavy (non-hydrogen) atoms. The molecule has 0 fully saturated rings. The molecule has 1 amide bonds. The number of nitrogens with one attached hydrogen (secondary N) is 1. The number of alkyl halides is 3. The Hall–Kier alpha value is -3.47. The minimum absolute atomic E-state index is 0.353. The zero-order chi connectivity index (χ0) is 22.1. The molecule has 0 aromatic heterocycles. The lowest BCUT2D eigenvalue weighted by Gasteiger charge is -2.13. The van der Waals surface area contributed by atoms with E-state index in [1.807, 2.05) is 6.92 Å². The van der Waals surface area contributed by atoms with Gasteiger partial charge in [0.25, 0.3) is 5.91 Å². The third-order valence-corrected chi connectivity index (χ3v) is 4.10. The topological polar surface area (TPSA) is 71.3 Å². The first kappa shape index (κ1) is 22.8. The molecular weight excluding hydrogens is 397 g/mol. The minimum atomic E-state index is -4.64. The molecule has 158 valence electrons. The van der Waals surface area contributed by atoms with Gasteiger partial charge in [0.1, 0.15) is 11.6 Å². The summed E-state index contributed by atoms with van der Waals surface area (Å²) < 4.78 is 50.2. The number of carbonyl (C=O) groups excluding carboxylic acids is 1. The van der Waals surface area contributed by atoms with E-state index in [4.69, 9.17) is 9.47 Å². The van der Waals surface area contributed by atoms with Crippen LogP contribution in [0.15, 0.2) is 48.0 Å². The molecule has 0 aliphatic heterocycles. The van der Waals surface area contributed by atoms with Crippen LogP contribution >= 0.6 is 0 Å². The van der Waals surface area contributed by atoms with Crippen molar-refractivity contribution >= 4 is 17.7 Å². The van der Waals surface area contributed by atoms with E-state index < -0.39 is 23.3 Å². The molecule has 0 saturated carbocycles. The van der Waals surface area contributed by atoms with Crippen LogP contribution in [-0.4, -0.2) is 19.6 Å². The van der Waals surface area contributed by atoms with Crippen molar-refractivity contribution in [2.45, 2.75) is 25.9 Å². The Morgan fingerprint density at radius 3 is 2.57 bits per heavy atom. The molecule has 8 heteroatoms. The number of methoxy groups -OCH3 is 1. The van der Waals surface area contributed by atoms with Crippen molar-refractivity contribution < 1.29 is 27.4 Å². The summed E-state index contributed by atoms with van der Waals surface area (Å²) in [6.45, 7) is 2.56. The van der Waals surface area contributed by atoms with Gasteiger partial charge in [-0.3, -0.25) is 4.79 Å². The molecule has 1 N–H and O–H groups in total. The molecule has 2 aromatic rings. The molecule has 0 radical (unpaired) electrons. The predicted molar refractivity (Wildman–Crippen MR) is 107 cm³/mol. The fraction of sp³-hybridized carbons (Fsp3) is 0.273. The largest absolute Gasteiger partial charge is 0.493 e. The van der Waals surface area contributed by atoms with Crippen LogP contribution in [0.25, 0.3) is 6.08 Å². The van der Waals surface area contributed by atoms with Gasteiger partial charge in [0, 0.05) is 0 Å². The third-order valence-electron chi connectivity index (χ3n) is 4.10. The fourth-order valence-electron chi connectivity index (χ4n) is 2.56. The lowest BCUT2D eigenvalue weighted by atomic mass is 10.1. The van der Waals surface area contributed by atoms with Crippen LogP contribution in [0.5, 0.6) is 11.5 Å². The average Bonchev–Trinajstić information content (AvgIpc) is 2.72. The maximum absolute atomic E-state index is 13.1. The van der Waals surface area contributed by atoms with Crippen molar-refractivity contribution in [2.24, 2.45) is 0 Å². The molecule has 2 rings (SSSR count). The van der Waals surface area contributed by atoms with Gasteiger partial charge < -0.3 is 14.8 Å². The molecule has 0 spiro atoms. The van der Waals surface area contributed by atoms with Crippen LogP contribution in [-0.2, 0) is 11.0 Å². The van der Waals surface area contributed by atoms with Gasteiger partial charge in [-0.2, -0.15) is 18.4 Å². The number of para-hydroxylation sites is 1. The van der Waals surface area contributed by atoms with Crippen molar-refractivity contribution in [3.63, 3.8) is 0 Å². The smallest absolute Gasteiger partial charge is 0.418 e. The molecule has 0 unspecified atom stereocenters. The second kappa shape index (κ2) is 10.3. The summed E-state index contributed by atoms with van der Waals surface area (Å²) >= 11 is 0. The molecule has 0 bridgehead atoms. The molecule has 2 aromatic carbocycles. The number of nitriles is 1. The highest BCUT2D eigenvalue weighted by Gasteiger charge is 2.33. The number of halogens is 3. The Labute approximate surface area is 172 Å². The van der Waals surface area contributed by atoms with Crippen LogP contribution in [0.4, 0.5) is 18.9 Å². The Kier molecular flexibility index (Phi) is 7.87. The van der Waals surface area contributed by atoms with Gasteiger partial charge in [-0.15, -0.1) is 0 Å². The lowest BCUT2D eigenvalue weighted by Crippen LogP contribution is -2.17. The van der Waals surface area contributed by atoms with Gasteiger partial charge in [-0.1, -0.05) is 31.5 Å². The first-order valence-corrected chi connectivity index (χ1v) is 9.20. The van der Waals surface area contributed by atoms with E-state index in [-0.39, 0.29) is 5.57 Å². The molecule has 0 aliphatic carbocycles. The Morgan fingerprint density at radius 2 is 1.93 bits per heavy atom. The number of anilines is 1. The molecular formula is C22H21F3N2O3. The van der Waals surface area contributed by atoms with E-state index >= 15 is 0 Å². The van der Waals surface area contributed by atoms with Crippen molar-refractivity contribution in [1.82, 2.24) is 0 Å². The zero-order valence-corrected chi connectivity index (χ0v) is 16.5. The molecule has 0 aliphatic rings. The SMILES string of the molecule is CCCCOc1ccc(/C=C(\C#N)C(=O)Nc2ccccc2C(F)(F)F)cc1OC. The highest BCUT2D eigenvalue weighted by atomic mass is 19.4. The zero-order valence-electron chi connectivity index (χ0n) is 16.5. The number of unbranched alkanes of at least 4 members (excludes halogenated alkanes) is 1. The Balaban J connectivity index is 2.26. The van der Waals surface area contributed by atoms with Crippen LogP contribution in [0.3, 0.4) is 0 Å². The van der Waals surface area contributed by atoms with E-state index in [1.54, 1.807) is 24.3 Å². The summed E-state index contributed by atoms with van der Waals surface area (Å²) in [5, 5.41) is 11.5. The Bertz CT molecular complexity index is 963. The molecule has 0 saturated heterocycles. The number of rotatable bonds is 8. The van der Waals surface area contributed by atoms with Gasteiger partial charge in [-0.25, -0.2) is 0 Å². The normalized spacial score (nSPS) is 11.5. The number of ether oxygens (including phenoxy) is 2. The third kappa shape index (κ3) is 6.01. The van der Waals surface area contributed by atoms with E-state index in [2.05, 4.69) is 5.32 Å². The van der Waals surface area contributed by atoms with E-state index in [0.717, 1.165) is 25.0 Å². The highest BCUT2D eigenvalue weighted by molar-refractivity contribution is 6.10. The summed E-state index contributed by atoms with van der Waals surface area (Å²) in [5.41, 5.74) is -1.31. The van der Waals surface area contributed by atoms with Crippen LogP contribution in [0, 0.1) is 11.3 Å². The standard InChI is InChI=1S/C22H21F3N2O3/c1-3-4-11-30-19-10-9-15(13-20(19)29-2)12-16(14-26)21(28)27-18-8-6-5-7-17(18)22(23,24)25/h5-10,12-13H,3-4,11H2,1-2H3,(H,27,28)/b16-12+. The number of hydrogen-bond donors (Lipinski definition) is 1. The monoisotopic (exact) mass is 418 g/mol. The van der Waals surface area contributed by atoms with Crippen molar-refractivity contribution in [3.8, 4) is 17.6 Å². The maximum atomic E-state index is 13.1. The van der Waals surface area contributed by atoms with Crippen LogP contribution in [0.2, 0.25) is 0 Å². The van der Waals surface area contributed by atoms with Crippen LogP contribution < -0.4 is 14.8 Å². The first-order chi connectivity index (χ1) is 14.3. The van der Waals surface area contributed by atoms with E-state index in [1.165, 1.54) is 25.3 Å². The van der Waals surface area contributed by atoms with Gasteiger partial charge in [0.05, 0.1) is 25.0 Å². The van der Waals surface area contributed by atoms with E-state index in [0.29, 0.717) is 23.7 Å².